The number of esters is 1. The molecule has 3 saturated heterocycles. The monoisotopic (exact) mass is 935 g/mol. The number of fused-ring (bicyclic) bond motifs is 6. The zero-order valence-electron chi connectivity index (χ0n) is 41.2. The molecule has 0 saturated carbocycles. The average Bonchev–Trinajstić information content (AvgIpc) is 4.03. The molecule has 366 valence electrons. The van der Waals surface area contributed by atoms with E-state index in [1.807, 2.05) is 39.1 Å². The Morgan fingerprint density at radius 3 is 2.53 bits per heavy atom. The lowest BCUT2D eigenvalue weighted by molar-refractivity contribution is -0.156. The van der Waals surface area contributed by atoms with Crippen molar-refractivity contribution in [2.24, 2.45) is 16.3 Å². The van der Waals surface area contributed by atoms with Gasteiger partial charge in [-0.2, -0.15) is 0 Å². The van der Waals surface area contributed by atoms with Crippen LogP contribution in [-0.2, 0) is 52.8 Å². The molecule has 3 aromatic rings. The lowest BCUT2D eigenvalue weighted by Crippen LogP contribution is -2.64. The molecule has 2 aromatic carbocycles. The van der Waals surface area contributed by atoms with Crippen LogP contribution in [0.25, 0.3) is 27.6 Å². The minimum absolute atomic E-state index is 0.00396. The number of rotatable bonds is 10. The van der Waals surface area contributed by atoms with Crippen LogP contribution in [0.2, 0.25) is 0 Å². The molecule has 5 aliphatic heterocycles. The third-order valence-corrected chi connectivity index (χ3v) is 14.6. The predicted octanol–water partition coefficient (Wildman–Crippen LogP) is 5.13. The average molecular weight is 935 g/mol. The number of aryl methyl sites for hydroxylation is 1. The Balaban J connectivity index is 1.20. The molecule has 6 heterocycles. The molecule has 6 atom stereocenters. The fourth-order valence-corrected chi connectivity index (χ4v) is 11.0. The second-order valence-corrected chi connectivity index (χ2v) is 20.7. The fourth-order valence-electron chi connectivity index (χ4n) is 11.0. The quantitative estimate of drug-likeness (QED) is 0.156. The van der Waals surface area contributed by atoms with Gasteiger partial charge in [0.2, 0.25) is 17.7 Å². The summed E-state index contributed by atoms with van der Waals surface area (Å²) in [7, 11) is 3.28. The Kier molecular flexibility index (Phi) is 14.0. The number of ether oxygens (including phenoxy) is 2. The van der Waals surface area contributed by atoms with Crippen LogP contribution in [0.3, 0.4) is 0 Å². The lowest BCUT2D eigenvalue weighted by atomic mass is 9.83. The normalized spacial score (nSPS) is 25.0. The van der Waals surface area contributed by atoms with Gasteiger partial charge < -0.3 is 39.6 Å². The van der Waals surface area contributed by atoms with Crippen LogP contribution in [0.15, 0.2) is 47.1 Å². The molecule has 0 unspecified atom stereocenters. The number of amides is 4. The number of nitrogens with one attached hydrogen (secondary N) is 3. The molecule has 4 N–H and O–H groups in total. The highest BCUT2D eigenvalue weighted by Gasteiger charge is 2.51. The summed E-state index contributed by atoms with van der Waals surface area (Å²) in [6.07, 6.45) is 5.94. The Labute approximate surface area is 399 Å². The number of carbonyl (C=O) groups excluding carboxylic acids is 5. The number of nitrogens with zero attached hydrogens (tertiary/aromatic N) is 5. The van der Waals surface area contributed by atoms with E-state index in [9.17, 15) is 29.1 Å². The van der Waals surface area contributed by atoms with Gasteiger partial charge in [0.25, 0.3) is 5.91 Å². The Morgan fingerprint density at radius 1 is 1.06 bits per heavy atom. The predicted molar refractivity (Wildman–Crippen MR) is 260 cm³/mol. The summed E-state index contributed by atoms with van der Waals surface area (Å²) in [5.41, 5.74) is 8.91. The molecular formula is C52H70N8O8. The van der Waals surface area contributed by atoms with Crippen molar-refractivity contribution in [2.75, 3.05) is 40.4 Å². The van der Waals surface area contributed by atoms with E-state index in [2.05, 4.69) is 53.5 Å². The van der Waals surface area contributed by atoms with Crippen LogP contribution in [0.4, 0.5) is 0 Å². The van der Waals surface area contributed by atoms with E-state index in [-0.39, 0.29) is 55.2 Å². The standard InChI is InChI=1S/C52H70N8O8/c1-10-58-42-17-16-33-26-37(42)38(45(58)36-14-11-19-53-43(36)31(4)67-9)27-51(5,6)29-68-49(65)39-15-12-21-60(56-39)48(64)40(24-32-22-34(33)25-35(61)23-32)55-46(62)44(30(2)3)57(8)50(66)52(7)18-13-20-59(52)47(63)41-28-54-41/h16-17,19,22-23,25-26,30-31,39-41,44,54,56,61H,10-15,18,20-21,24,27-29H2,1-9H3,(H,55,62)/t31-,39-,40-,41-,44+,52+/m0/s1. The van der Waals surface area contributed by atoms with Gasteiger partial charge in [0.05, 0.1) is 30.1 Å². The van der Waals surface area contributed by atoms with E-state index in [1.165, 1.54) is 9.91 Å². The van der Waals surface area contributed by atoms with E-state index < -0.39 is 46.9 Å². The molecular weight excluding hydrogens is 865 g/mol. The molecule has 5 aliphatic rings. The maximum atomic E-state index is 14.8. The number of aromatic hydroxyl groups is 1. The lowest BCUT2D eigenvalue weighted by Gasteiger charge is -2.41. The topological polar surface area (TPSA) is 197 Å². The zero-order chi connectivity index (χ0) is 48.8. The number of cyclic esters (lactones) is 1. The first-order valence-corrected chi connectivity index (χ1v) is 24.5. The van der Waals surface area contributed by atoms with E-state index in [4.69, 9.17) is 14.5 Å². The number of aliphatic imine (C=N–C) groups is 1. The first-order chi connectivity index (χ1) is 32.3. The number of hydrogen-bond donors (Lipinski definition) is 4. The molecule has 1 aromatic heterocycles. The van der Waals surface area contributed by atoms with Gasteiger partial charge in [-0.05, 0) is 118 Å². The maximum Gasteiger partial charge on any atom is 0.324 e. The number of likely N-dealkylation sites (tertiary alicyclic amines) is 1. The molecule has 3 fully saturated rings. The van der Waals surface area contributed by atoms with Gasteiger partial charge >= 0.3 is 5.97 Å². The molecule has 16 nitrogen and oxygen atoms in total. The second-order valence-electron chi connectivity index (χ2n) is 20.7. The number of methoxy groups -OCH3 is 1. The van der Waals surface area contributed by atoms with Crippen molar-refractivity contribution in [3.05, 3.63) is 58.9 Å². The van der Waals surface area contributed by atoms with E-state index >= 15 is 0 Å². The van der Waals surface area contributed by atoms with Crippen LogP contribution in [0.1, 0.15) is 104 Å². The first kappa shape index (κ1) is 48.9. The molecule has 8 rings (SSSR count). The number of phenolic OH excluding ortho intramolecular Hbond substituents is 1. The van der Waals surface area contributed by atoms with Crippen molar-refractivity contribution in [1.29, 1.82) is 0 Å². The molecule has 68 heavy (non-hydrogen) atoms. The van der Waals surface area contributed by atoms with E-state index in [0.29, 0.717) is 57.3 Å². The summed E-state index contributed by atoms with van der Waals surface area (Å²) in [6.45, 7) is 15.9. The Bertz CT molecular complexity index is 2540. The third kappa shape index (κ3) is 9.55. The summed E-state index contributed by atoms with van der Waals surface area (Å²) in [4.78, 5) is 79.3. The second kappa shape index (κ2) is 19.4. The number of hydrogen-bond acceptors (Lipinski definition) is 11. The molecule has 0 aliphatic carbocycles. The van der Waals surface area contributed by atoms with Crippen molar-refractivity contribution in [3.63, 3.8) is 0 Å². The highest BCUT2D eigenvalue weighted by Crippen LogP contribution is 2.42. The fraction of sp³-hybridized carbons (Fsp3) is 0.577. The summed E-state index contributed by atoms with van der Waals surface area (Å²) in [5, 5.41) is 19.9. The SMILES string of the molecule is CCn1c(C2=C([C@H](C)OC)N=CCC2)c2c3cc(ccc31)-c1cc(O)cc(c1)C[C@H](NC(=O)[C@@H](C(C)C)N(C)C(=O)[C@@]1(C)CCCN1C(=O)[C@@H]1CN1)C(=O)N1CCC[C@H](N1)C(=O)OCC(C)(C)C2. The molecule has 0 radical (unpaired) electrons. The molecule has 16 heteroatoms. The number of likely N-dealkylation sites (N-methyl/N-ethyl adjacent to an activating group) is 1. The number of allylic oxidation sites excluding steroid dienone is 1. The number of carbonyl (C=O) groups is 5. The molecule has 0 spiro atoms. The van der Waals surface area contributed by atoms with Crippen molar-refractivity contribution >= 4 is 52.3 Å². The number of phenols is 1. The van der Waals surface area contributed by atoms with Crippen molar-refractivity contribution < 1.29 is 38.6 Å². The summed E-state index contributed by atoms with van der Waals surface area (Å²) < 4.78 is 14.3. The highest BCUT2D eigenvalue weighted by atomic mass is 16.5. The first-order valence-electron chi connectivity index (χ1n) is 24.5. The maximum absolute atomic E-state index is 14.8. The van der Waals surface area contributed by atoms with Gasteiger partial charge in [-0.15, -0.1) is 0 Å². The summed E-state index contributed by atoms with van der Waals surface area (Å²) in [5.74, 6) is -2.32. The minimum Gasteiger partial charge on any atom is -0.508 e. The summed E-state index contributed by atoms with van der Waals surface area (Å²) in [6, 6.07) is 8.27. The molecule has 4 amide bonds. The van der Waals surface area contributed by atoms with E-state index in [0.717, 1.165) is 57.4 Å². The Morgan fingerprint density at radius 2 is 1.82 bits per heavy atom. The minimum atomic E-state index is -1.17. The zero-order valence-corrected chi connectivity index (χ0v) is 41.2. The van der Waals surface area contributed by atoms with Crippen LogP contribution >= 0.6 is 0 Å². The van der Waals surface area contributed by atoms with E-state index in [1.54, 1.807) is 38.1 Å². The van der Waals surface area contributed by atoms with Gasteiger partial charge in [0, 0.05) is 74.9 Å². The van der Waals surface area contributed by atoms with Gasteiger partial charge in [-0.1, -0.05) is 39.8 Å². The van der Waals surface area contributed by atoms with Gasteiger partial charge in [-0.3, -0.25) is 34.0 Å². The van der Waals surface area contributed by atoms with Gasteiger partial charge in [-0.25, -0.2) is 5.43 Å². The van der Waals surface area contributed by atoms with Crippen LogP contribution in [-0.4, -0.2) is 137 Å². The van der Waals surface area contributed by atoms with Crippen LogP contribution in [0.5, 0.6) is 5.75 Å². The van der Waals surface area contributed by atoms with Crippen LogP contribution < -0.4 is 16.1 Å². The van der Waals surface area contributed by atoms with Crippen molar-refractivity contribution in [2.45, 2.75) is 142 Å². The molecule has 6 bridgehead atoms. The van der Waals surface area contributed by atoms with Gasteiger partial charge in [0.1, 0.15) is 29.4 Å². The van der Waals surface area contributed by atoms with Gasteiger partial charge in [0.15, 0.2) is 0 Å². The van der Waals surface area contributed by atoms with Crippen LogP contribution in [0, 0.1) is 11.3 Å². The van der Waals surface area contributed by atoms with Crippen molar-refractivity contribution in [1.82, 2.24) is 35.4 Å². The highest BCUT2D eigenvalue weighted by molar-refractivity contribution is 5.98. The number of benzene rings is 2. The number of hydrazine groups is 1. The smallest absolute Gasteiger partial charge is 0.324 e. The third-order valence-electron chi connectivity index (χ3n) is 14.6. The van der Waals surface area contributed by atoms with Crippen molar-refractivity contribution in [3.8, 4) is 16.9 Å². The largest absolute Gasteiger partial charge is 0.508 e. The number of aromatic nitrogens is 1. The summed E-state index contributed by atoms with van der Waals surface area (Å²) >= 11 is 0. The Hall–Kier alpha value is -5.58.